The van der Waals surface area contributed by atoms with Gasteiger partial charge >= 0.3 is 0 Å². The van der Waals surface area contributed by atoms with E-state index in [1.807, 2.05) is 18.2 Å². The van der Waals surface area contributed by atoms with E-state index in [4.69, 9.17) is 9.15 Å². The van der Waals surface area contributed by atoms with Crippen LogP contribution in [0.5, 0.6) is 11.5 Å². The van der Waals surface area contributed by atoms with Crippen molar-refractivity contribution in [2.24, 2.45) is 0 Å². The molecule has 1 aromatic heterocycles. The van der Waals surface area contributed by atoms with Gasteiger partial charge in [-0.1, -0.05) is 123 Å². The maximum Gasteiger partial charge on any atom is 0.136 e. The van der Waals surface area contributed by atoms with Crippen LogP contribution in [0.2, 0.25) is 0 Å². The highest BCUT2D eigenvalue weighted by atomic mass is 16.5. The van der Waals surface area contributed by atoms with Crippen molar-refractivity contribution in [1.82, 2.24) is 0 Å². The molecule has 0 bridgehead atoms. The molecule has 2 aliphatic rings. The quantitative estimate of drug-likeness (QED) is 0.190. The molecule has 0 radical (unpaired) electrons. The smallest absolute Gasteiger partial charge is 0.136 e. The highest BCUT2D eigenvalue weighted by Gasteiger charge is 2.38. The molecule has 2 heteroatoms. The summed E-state index contributed by atoms with van der Waals surface area (Å²) in [6.45, 7) is 4.78. The minimum Gasteiger partial charge on any atom is -0.456 e. The molecular formula is C47H30O2. The minimum absolute atomic E-state index is 0.214. The van der Waals surface area contributed by atoms with E-state index < -0.39 is 0 Å². The molecular weight excluding hydrogens is 597 g/mol. The zero-order valence-electron chi connectivity index (χ0n) is 27.2. The summed E-state index contributed by atoms with van der Waals surface area (Å²) in [5.74, 6) is 1.83. The number of fused-ring (bicyclic) bond motifs is 10. The molecule has 2 heterocycles. The lowest BCUT2D eigenvalue weighted by atomic mass is 9.78. The minimum atomic E-state index is -0.214. The lowest BCUT2D eigenvalue weighted by Crippen LogP contribution is -2.16. The zero-order chi connectivity index (χ0) is 32.4. The van der Waals surface area contributed by atoms with Gasteiger partial charge in [0, 0.05) is 27.1 Å². The van der Waals surface area contributed by atoms with Crippen molar-refractivity contribution in [3.63, 3.8) is 0 Å². The number of hydrogen-bond acceptors (Lipinski definition) is 2. The van der Waals surface area contributed by atoms with Crippen LogP contribution < -0.4 is 4.74 Å². The van der Waals surface area contributed by atoms with Crippen LogP contribution in [-0.2, 0) is 5.41 Å². The van der Waals surface area contributed by atoms with Crippen LogP contribution in [0.1, 0.15) is 25.0 Å². The first-order valence-electron chi connectivity index (χ1n) is 17.0. The molecule has 0 unspecified atom stereocenters. The summed E-state index contributed by atoms with van der Waals surface area (Å²) in [6.07, 6.45) is 0. The second-order valence-corrected chi connectivity index (χ2v) is 14.0. The molecule has 49 heavy (non-hydrogen) atoms. The van der Waals surface area contributed by atoms with Gasteiger partial charge in [0.1, 0.15) is 22.7 Å². The van der Waals surface area contributed by atoms with Crippen molar-refractivity contribution in [2.45, 2.75) is 19.3 Å². The predicted molar refractivity (Wildman–Crippen MR) is 203 cm³/mol. The fourth-order valence-corrected chi connectivity index (χ4v) is 8.82. The summed E-state index contributed by atoms with van der Waals surface area (Å²) >= 11 is 0. The average Bonchev–Trinajstić information content (AvgIpc) is 3.62. The Kier molecular flexibility index (Phi) is 5.21. The number of hydrogen-bond donors (Lipinski definition) is 0. The molecule has 1 aliphatic carbocycles. The normalized spacial score (nSPS) is 13.8. The maximum atomic E-state index is 6.41. The van der Waals surface area contributed by atoms with Crippen molar-refractivity contribution < 1.29 is 9.15 Å². The molecule has 11 rings (SSSR count). The number of rotatable bonds is 2. The first-order chi connectivity index (χ1) is 24.0. The largest absolute Gasteiger partial charge is 0.456 e. The van der Waals surface area contributed by atoms with E-state index in [0.717, 1.165) is 39.0 Å². The van der Waals surface area contributed by atoms with Crippen LogP contribution in [0.4, 0.5) is 0 Å². The van der Waals surface area contributed by atoms with Crippen LogP contribution in [0, 0.1) is 0 Å². The molecule has 9 aromatic rings. The maximum absolute atomic E-state index is 6.41. The Morgan fingerprint density at radius 3 is 2.10 bits per heavy atom. The van der Waals surface area contributed by atoms with Crippen molar-refractivity contribution in [1.29, 1.82) is 0 Å². The average molecular weight is 627 g/mol. The third kappa shape index (κ3) is 3.61. The summed E-state index contributed by atoms with van der Waals surface area (Å²) in [4.78, 5) is 0. The summed E-state index contributed by atoms with van der Waals surface area (Å²) < 4.78 is 12.7. The van der Waals surface area contributed by atoms with E-state index in [9.17, 15) is 0 Å². The number of furan rings is 1. The molecule has 0 saturated heterocycles. The van der Waals surface area contributed by atoms with E-state index in [-0.39, 0.29) is 5.41 Å². The predicted octanol–water partition coefficient (Wildman–Crippen LogP) is 13.3. The molecule has 230 valence electrons. The SMILES string of the molecule is CC1(C)c2cc(-c3ccc4c5c(cccc35)-c3ccccc3O4)ccc2-c2ccc3cccc(-c4ccc5c(c4)oc4ccccc45)c3c21. The van der Waals surface area contributed by atoms with Gasteiger partial charge in [0.25, 0.3) is 0 Å². The van der Waals surface area contributed by atoms with Gasteiger partial charge in [-0.15, -0.1) is 0 Å². The monoisotopic (exact) mass is 626 g/mol. The Morgan fingerprint density at radius 2 is 1.14 bits per heavy atom. The van der Waals surface area contributed by atoms with E-state index in [2.05, 4.69) is 141 Å². The fraction of sp³-hybridized carbons (Fsp3) is 0.0638. The van der Waals surface area contributed by atoms with Crippen molar-refractivity contribution in [2.75, 3.05) is 0 Å². The molecule has 0 atom stereocenters. The van der Waals surface area contributed by atoms with E-state index in [0.29, 0.717) is 0 Å². The molecule has 0 spiro atoms. The second-order valence-electron chi connectivity index (χ2n) is 14.0. The highest BCUT2D eigenvalue weighted by molar-refractivity contribution is 6.11. The third-order valence-electron chi connectivity index (χ3n) is 11.1. The molecule has 8 aromatic carbocycles. The summed E-state index contributed by atoms with van der Waals surface area (Å²) in [5.41, 5.74) is 14.2. The lowest BCUT2D eigenvalue weighted by molar-refractivity contribution is 0.487. The van der Waals surface area contributed by atoms with Gasteiger partial charge in [-0.25, -0.2) is 0 Å². The van der Waals surface area contributed by atoms with Gasteiger partial charge in [-0.3, -0.25) is 0 Å². The Balaban J connectivity index is 1.09. The van der Waals surface area contributed by atoms with Gasteiger partial charge in [0.15, 0.2) is 0 Å². The van der Waals surface area contributed by atoms with Gasteiger partial charge in [-0.05, 0) is 103 Å². The number of para-hydroxylation sites is 2. The third-order valence-corrected chi connectivity index (χ3v) is 11.1. The summed E-state index contributed by atoms with van der Waals surface area (Å²) in [7, 11) is 0. The van der Waals surface area contributed by atoms with Crippen molar-refractivity contribution in [3.8, 4) is 56.0 Å². The van der Waals surface area contributed by atoms with Crippen molar-refractivity contribution >= 4 is 43.5 Å². The number of ether oxygens (including phenoxy) is 1. The van der Waals surface area contributed by atoms with E-state index in [1.165, 1.54) is 71.6 Å². The van der Waals surface area contributed by atoms with E-state index >= 15 is 0 Å². The highest BCUT2D eigenvalue weighted by Crippen LogP contribution is 2.55. The molecule has 0 fully saturated rings. The van der Waals surface area contributed by atoms with E-state index in [1.54, 1.807) is 0 Å². The number of benzene rings is 8. The molecule has 0 N–H and O–H groups in total. The van der Waals surface area contributed by atoms with Crippen LogP contribution in [0.3, 0.4) is 0 Å². The molecule has 1 aliphatic heterocycles. The van der Waals surface area contributed by atoms with Crippen LogP contribution in [-0.4, -0.2) is 0 Å². The lowest BCUT2D eigenvalue weighted by Gasteiger charge is -2.25. The Hall–Kier alpha value is -6.12. The van der Waals surface area contributed by atoms with Crippen LogP contribution in [0.15, 0.2) is 150 Å². The Morgan fingerprint density at radius 1 is 0.429 bits per heavy atom. The van der Waals surface area contributed by atoms with Gasteiger partial charge in [-0.2, -0.15) is 0 Å². The van der Waals surface area contributed by atoms with Crippen molar-refractivity contribution in [3.05, 3.63) is 157 Å². The Bertz CT molecular complexity index is 2880. The standard InChI is InChI=1S/C47H30O2/c1-47(2)39-25-28(30-23-24-42-45-36(30)13-8-14-37(45)34-11-4-6-16-41(34)48-42)18-20-32(39)38-22-17-27-9-7-12-31(44(27)46(38)47)29-19-21-35-33-10-3-5-15-40(33)49-43(35)26-29/h3-26H,1-2H3. The van der Waals surface area contributed by atoms with Gasteiger partial charge in [0.05, 0.1) is 0 Å². The molecule has 0 amide bonds. The van der Waals surface area contributed by atoms with Gasteiger partial charge in [0.2, 0.25) is 0 Å². The summed E-state index contributed by atoms with van der Waals surface area (Å²) in [5, 5.41) is 7.27. The Labute approximate surface area is 283 Å². The first kappa shape index (κ1) is 26.9. The summed E-state index contributed by atoms with van der Waals surface area (Å²) in [6, 6.07) is 52.7. The van der Waals surface area contributed by atoms with Crippen LogP contribution >= 0.6 is 0 Å². The second kappa shape index (κ2) is 9.49. The first-order valence-corrected chi connectivity index (χ1v) is 17.0. The topological polar surface area (TPSA) is 22.4 Å². The molecule has 0 saturated carbocycles. The zero-order valence-corrected chi connectivity index (χ0v) is 27.2. The fourth-order valence-electron chi connectivity index (χ4n) is 8.82. The molecule has 2 nitrogen and oxygen atoms in total. The van der Waals surface area contributed by atoms with Gasteiger partial charge < -0.3 is 9.15 Å². The van der Waals surface area contributed by atoms with Crippen LogP contribution in [0.25, 0.3) is 88.0 Å².